The molecule has 1 saturated heterocycles. The summed E-state index contributed by atoms with van der Waals surface area (Å²) < 4.78 is 11.6. The molecule has 0 spiro atoms. The Hall–Kier alpha value is -1.36. The average molecular weight is 196 g/mol. The minimum atomic E-state index is -0.341. The third kappa shape index (κ3) is 1.29. The van der Waals surface area contributed by atoms with Gasteiger partial charge in [0, 0.05) is 0 Å². The number of ether oxygens (including phenoxy) is 2. The van der Waals surface area contributed by atoms with Gasteiger partial charge < -0.3 is 14.0 Å². The van der Waals surface area contributed by atoms with Crippen LogP contribution in [0.4, 0.5) is 0 Å². The molecule has 0 aromatic carbocycles. The van der Waals surface area contributed by atoms with E-state index in [0.29, 0.717) is 24.6 Å². The molecule has 0 aliphatic carbocycles. The van der Waals surface area contributed by atoms with Crippen LogP contribution in [0.5, 0.6) is 0 Å². The molecule has 1 aromatic rings. The number of aryl methyl sites for hydroxylation is 1. The summed E-state index contributed by atoms with van der Waals surface area (Å²) >= 11 is 0. The molecule has 1 fully saturated rings. The van der Waals surface area contributed by atoms with Gasteiger partial charge in [-0.2, -0.15) is 0 Å². The fourth-order valence-electron chi connectivity index (χ4n) is 1.47. The topological polar surface area (TPSA) is 53.3 Å². The summed E-state index contributed by atoms with van der Waals surface area (Å²) in [5, 5.41) is 0. The van der Waals surface area contributed by atoms with Crippen molar-refractivity contribution in [1.82, 2.24) is 9.55 Å². The van der Waals surface area contributed by atoms with Gasteiger partial charge in [0.25, 0.3) is 0 Å². The Morgan fingerprint density at radius 3 is 2.93 bits per heavy atom. The Kier molecular flexibility index (Phi) is 2.25. The van der Waals surface area contributed by atoms with Crippen molar-refractivity contribution in [3.8, 4) is 0 Å². The number of carbonyl (C=O) groups is 1. The molecule has 1 aliphatic heterocycles. The maximum absolute atomic E-state index is 11.4. The number of hydrogen-bond donors (Lipinski definition) is 0. The summed E-state index contributed by atoms with van der Waals surface area (Å²) in [6.07, 6.45) is 1.66. The quantitative estimate of drug-likeness (QED) is 0.648. The Labute approximate surface area is 81.6 Å². The van der Waals surface area contributed by atoms with Crippen molar-refractivity contribution in [3.63, 3.8) is 0 Å². The third-order valence-corrected chi connectivity index (χ3v) is 2.37. The molecule has 0 atom stereocenters. The first-order valence-electron chi connectivity index (χ1n) is 4.43. The van der Waals surface area contributed by atoms with Gasteiger partial charge in [-0.1, -0.05) is 0 Å². The minimum absolute atomic E-state index is 0.227. The summed E-state index contributed by atoms with van der Waals surface area (Å²) in [7, 11) is 1.37. The number of methoxy groups -OCH3 is 1. The van der Waals surface area contributed by atoms with Crippen LogP contribution in [0.15, 0.2) is 6.33 Å². The highest BCUT2D eigenvalue weighted by Gasteiger charge is 2.26. The molecule has 76 valence electrons. The zero-order valence-corrected chi connectivity index (χ0v) is 8.19. The van der Waals surface area contributed by atoms with Crippen LogP contribution in [0.3, 0.4) is 0 Å². The first-order valence-corrected chi connectivity index (χ1v) is 4.43. The van der Waals surface area contributed by atoms with Crippen LogP contribution in [0.25, 0.3) is 0 Å². The lowest BCUT2D eigenvalue weighted by molar-refractivity contribution is -0.0248. The molecule has 0 unspecified atom stereocenters. The van der Waals surface area contributed by atoms with Gasteiger partial charge in [-0.05, 0) is 6.92 Å². The van der Waals surface area contributed by atoms with Crippen LogP contribution in [0.2, 0.25) is 0 Å². The molecule has 0 N–H and O–H groups in total. The van der Waals surface area contributed by atoms with Crippen molar-refractivity contribution >= 4 is 5.97 Å². The first kappa shape index (κ1) is 9.21. The SMILES string of the molecule is COC(=O)c1c(C)ncn1C1COC1. The fourth-order valence-corrected chi connectivity index (χ4v) is 1.47. The van der Waals surface area contributed by atoms with Crippen molar-refractivity contribution in [3.05, 3.63) is 17.7 Å². The Balaban J connectivity index is 2.34. The van der Waals surface area contributed by atoms with E-state index in [1.807, 2.05) is 4.57 Å². The molecule has 0 bridgehead atoms. The van der Waals surface area contributed by atoms with Gasteiger partial charge in [0.05, 0.1) is 38.4 Å². The Morgan fingerprint density at radius 1 is 1.71 bits per heavy atom. The van der Waals surface area contributed by atoms with Gasteiger partial charge >= 0.3 is 5.97 Å². The van der Waals surface area contributed by atoms with Crippen LogP contribution in [-0.2, 0) is 9.47 Å². The molecule has 5 heteroatoms. The molecule has 0 radical (unpaired) electrons. The Bertz CT molecular complexity index is 355. The molecule has 2 heterocycles. The number of nitrogens with zero attached hydrogens (tertiary/aromatic N) is 2. The fraction of sp³-hybridized carbons (Fsp3) is 0.556. The van der Waals surface area contributed by atoms with E-state index >= 15 is 0 Å². The highest BCUT2D eigenvalue weighted by molar-refractivity contribution is 5.88. The number of carbonyl (C=O) groups excluding carboxylic acids is 1. The lowest BCUT2D eigenvalue weighted by Gasteiger charge is -2.28. The van der Waals surface area contributed by atoms with E-state index in [4.69, 9.17) is 9.47 Å². The monoisotopic (exact) mass is 196 g/mol. The van der Waals surface area contributed by atoms with E-state index < -0.39 is 0 Å². The molecule has 1 aromatic heterocycles. The second-order valence-corrected chi connectivity index (χ2v) is 3.27. The number of esters is 1. The summed E-state index contributed by atoms with van der Waals surface area (Å²) in [4.78, 5) is 15.5. The van der Waals surface area contributed by atoms with Crippen molar-refractivity contribution in [2.45, 2.75) is 13.0 Å². The van der Waals surface area contributed by atoms with E-state index in [0.717, 1.165) is 0 Å². The van der Waals surface area contributed by atoms with E-state index in [1.54, 1.807) is 13.3 Å². The zero-order chi connectivity index (χ0) is 10.1. The molecule has 2 rings (SSSR count). The summed E-state index contributed by atoms with van der Waals surface area (Å²) in [5.41, 5.74) is 1.23. The minimum Gasteiger partial charge on any atom is -0.464 e. The van der Waals surface area contributed by atoms with Crippen LogP contribution in [0.1, 0.15) is 22.2 Å². The summed E-state index contributed by atoms with van der Waals surface area (Å²) in [6.45, 7) is 3.07. The van der Waals surface area contributed by atoms with E-state index in [2.05, 4.69) is 4.98 Å². The lowest BCUT2D eigenvalue weighted by atomic mass is 10.2. The van der Waals surface area contributed by atoms with E-state index in [9.17, 15) is 4.79 Å². The third-order valence-electron chi connectivity index (χ3n) is 2.37. The smallest absolute Gasteiger partial charge is 0.356 e. The zero-order valence-electron chi connectivity index (χ0n) is 8.19. The van der Waals surface area contributed by atoms with Gasteiger partial charge in [0.15, 0.2) is 5.69 Å². The molecular weight excluding hydrogens is 184 g/mol. The lowest BCUT2D eigenvalue weighted by Crippen LogP contribution is -2.32. The summed E-state index contributed by atoms with van der Waals surface area (Å²) in [6, 6.07) is 0.227. The standard InChI is InChI=1S/C9H12N2O3/c1-6-8(9(12)13-2)11(5-10-6)7-3-14-4-7/h5,7H,3-4H2,1-2H3. The van der Waals surface area contributed by atoms with Gasteiger partial charge in [0.2, 0.25) is 0 Å². The molecule has 5 nitrogen and oxygen atoms in total. The highest BCUT2D eigenvalue weighted by atomic mass is 16.5. The highest BCUT2D eigenvalue weighted by Crippen LogP contribution is 2.21. The molecule has 0 amide bonds. The number of hydrogen-bond acceptors (Lipinski definition) is 4. The van der Waals surface area contributed by atoms with Gasteiger partial charge in [-0.15, -0.1) is 0 Å². The second-order valence-electron chi connectivity index (χ2n) is 3.27. The molecular formula is C9H12N2O3. The number of imidazole rings is 1. The van der Waals surface area contributed by atoms with Gasteiger partial charge in [-0.25, -0.2) is 9.78 Å². The first-order chi connectivity index (χ1) is 6.74. The van der Waals surface area contributed by atoms with E-state index in [1.165, 1.54) is 7.11 Å². The van der Waals surface area contributed by atoms with Crippen LogP contribution < -0.4 is 0 Å². The van der Waals surface area contributed by atoms with Crippen LogP contribution in [-0.4, -0.2) is 35.8 Å². The van der Waals surface area contributed by atoms with Crippen LogP contribution in [0, 0.1) is 6.92 Å². The maximum atomic E-state index is 11.4. The van der Waals surface area contributed by atoms with Crippen molar-refractivity contribution in [2.24, 2.45) is 0 Å². The normalized spacial score (nSPS) is 16.4. The second kappa shape index (κ2) is 3.42. The molecule has 14 heavy (non-hydrogen) atoms. The Morgan fingerprint density at radius 2 is 2.43 bits per heavy atom. The van der Waals surface area contributed by atoms with Gasteiger partial charge in [0.1, 0.15) is 0 Å². The van der Waals surface area contributed by atoms with Crippen molar-refractivity contribution in [1.29, 1.82) is 0 Å². The molecule has 1 aliphatic rings. The molecule has 0 saturated carbocycles. The number of rotatable bonds is 2. The summed E-state index contributed by atoms with van der Waals surface area (Å²) in [5.74, 6) is -0.341. The largest absolute Gasteiger partial charge is 0.464 e. The van der Waals surface area contributed by atoms with E-state index in [-0.39, 0.29) is 12.0 Å². The predicted molar refractivity (Wildman–Crippen MR) is 48.2 cm³/mol. The number of aromatic nitrogens is 2. The maximum Gasteiger partial charge on any atom is 0.356 e. The van der Waals surface area contributed by atoms with Gasteiger partial charge in [-0.3, -0.25) is 0 Å². The predicted octanol–water partition coefficient (Wildman–Crippen LogP) is 0.549. The van der Waals surface area contributed by atoms with Crippen molar-refractivity contribution in [2.75, 3.05) is 20.3 Å². The van der Waals surface area contributed by atoms with Crippen molar-refractivity contribution < 1.29 is 14.3 Å². The average Bonchev–Trinajstić information content (AvgIpc) is 2.44. The van der Waals surface area contributed by atoms with Crippen LogP contribution >= 0.6 is 0 Å².